The van der Waals surface area contributed by atoms with Gasteiger partial charge >= 0.3 is 0 Å². The van der Waals surface area contributed by atoms with Crippen molar-refractivity contribution in [1.29, 1.82) is 0 Å². The van der Waals surface area contributed by atoms with E-state index in [0.29, 0.717) is 11.6 Å². The molecule has 0 aliphatic heterocycles. The van der Waals surface area contributed by atoms with Crippen LogP contribution in [0.3, 0.4) is 0 Å². The van der Waals surface area contributed by atoms with Crippen molar-refractivity contribution in [3.8, 4) is 0 Å². The first-order valence-electron chi connectivity index (χ1n) is 6.92. The summed E-state index contributed by atoms with van der Waals surface area (Å²) in [6.45, 7) is 6.68. The van der Waals surface area contributed by atoms with Gasteiger partial charge in [0.15, 0.2) is 0 Å². The summed E-state index contributed by atoms with van der Waals surface area (Å²) in [7, 11) is 0. The molecule has 2 rings (SSSR count). The van der Waals surface area contributed by atoms with Gasteiger partial charge in [-0.1, -0.05) is 6.92 Å². The number of hydrogen-bond acceptors (Lipinski definition) is 5. The standard InChI is InChI=1S/C15H19N5O/c1-4-7-16-12-5-6-13(17-9-12)14(21)20-15-18-10(2)8-11(3)19-15/h5-6,8-9,16H,4,7H2,1-3H3,(H,18,19,20,21). The molecule has 0 unspecified atom stereocenters. The molecule has 2 aromatic heterocycles. The number of carbonyl (C=O) groups is 1. The first kappa shape index (κ1) is 14.9. The van der Waals surface area contributed by atoms with E-state index < -0.39 is 0 Å². The zero-order valence-electron chi connectivity index (χ0n) is 12.5. The lowest BCUT2D eigenvalue weighted by Gasteiger charge is -2.07. The molecule has 6 heteroatoms. The lowest BCUT2D eigenvalue weighted by atomic mass is 10.3. The smallest absolute Gasteiger partial charge is 0.276 e. The maximum absolute atomic E-state index is 12.1. The van der Waals surface area contributed by atoms with E-state index in [2.05, 4.69) is 32.5 Å². The Morgan fingerprint density at radius 3 is 2.48 bits per heavy atom. The molecule has 0 aromatic carbocycles. The first-order valence-corrected chi connectivity index (χ1v) is 6.92. The summed E-state index contributed by atoms with van der Waals surface area (Å²) in [5.41, 5.74) is 2.85. The van der Waals surface area contributed by atoms with E-state index in [9.17, 15) is 4.79 Å². The van der Waals surface area contributed by atoms with E-state index in [1.165, 1.54) is 0 Å². The molecule has 0 aliphatic carbocycles. The predicted octanol–water partition coefficient (Wildman–Crippen LogP) is 2.56. The molecular formula is C15H19N5O. The molecule has 0 spiro atoms. The molecule has 110 valence electrons. The van der Waals surface area contributed by atoms with Crippen molar-refractivity contribution in [2.45, 2.75) is 27.2 Å². The molecule has 0 bridgehead atoms. The molecule has 0 saturated heterocycles. The minimum atomic E-state index is -0.318. The Bertz CT molecular complexity index is 604. The molecule has 0 radical (unpaired) electrons. The summed E-state index contributed by atoms with van der Waals surface area (Å²) in [5, 5.41) is 5.86. The highest BCUT2D eigenvalue weighted by Gasteiger charge is 2.09. The number of nitrogens with zero attached hydrogens (tertiary/aromatic N) is 3. The summed E-state index contributed by atoms with van der Waals surface area (Å²) >= 11 is 0. The van der Waals surface area contributed by atoms with E-state index in [4.69, 9.17) is 0 Å². The Morgan fingerprint density at radius 1 is 1.19 bits per heavy atom. The van der Waals surface area contributed by atoms with E-state index in [1.807, 2.05) is 26.0 Å². The van der Waals surface area contributed by atoms with Crippen molar-refractivity contribution in [1.82, 2.24) is 15.0 Å². The number of pyridine rings is 1. The van der Waals surface area contributed by atoms with Gasteiger partial charge in [-0.15, -0.1) is 0 Å². The van der Waals surface area contributed by atoms with Gasteiger partial charge in [-0.25, -0.2) is 15.0 Å². The minimum Gasteiger partial charge on any atom is -0.384 e. The molecule has 0 fully saturated rings. The van der Waals surface area contributed by atoms with Crippen molar-refractivity contribution < 1.29 is 4.79 Å². The van der Waals surface area contributed by atoms with Crippen LogP contribution in [0.25, 0.3) is 0 Å². The lowest BCUT2D eigenvalue weighted by molar-refractivity contribution is 0.102. The van der Waals surface area contributed by atoms with E-state index >= 15 is 0 Å². The van der Waals surface area contributed by atoms with Crippen LogP contribution in [0.4, 0.5) is 11.6 Å². The predicted molar refractivity (Wildman–Crippen MR) is 82.5 cm³/mol. The second kappa shape index (κ2) is 6.78. The van der Waals surface area contributed by atoms with Crippen molar-refractivity contribution in [3.63, 3.8) is 0 Å². The number of nitrogens with one attached hydrogen (secondary N) is 2. The van der Waals surface area contributed by atoms with Crippen LogP contribution in [-0.4, -0.2) is 27.4 Å². The number of amides is 1. The van der Waals surface area contributed by atoms with Gasteiger partial charge < -0.3 is 5.32 Å². The van der Waals surface area contributed by atoms with E-state index in [1.54, 1.807) is 12.3 Å². The number of hydrogen-bond donors (Lipinski definition) is 2. The third-order valence-electron chi connectivity index (χ3n) is 2.78. The van der Waals surface area contributed by atoms with Crippen LogP contribution in [0.15, 0.2) is 24.4 Å². The average molecular weight is 285 g/mol. The van der Waals surface area contributed by atoms with Crippen LogP contribution in [0.2, 0.25) is 0 Å². The molecule has 6 nitrogen and oxygen atoms in total. The van der Waals surface area contributed by atoms with Crippen molar-refractivity contribution in [2.75, 3.05) is 17.2 Å². The first-order chi connectivity index (χ1) is 10.1. The Morgan fingerprint density at radius 2 is 1.90 bits per heavy atom. The second-order valence-corrected chi connectivity index (χ2v) is 4.79. The molecule has 0 saturated carbocycles. The monoisotopic (exact) mass is 285 g/mol. The van der Waals surface area contributed by atoms with Crippen LogP contribution >= 0.6 is 0 Å². The number of carbonyl (C=O) groups excluding carboxylic acids is 1. The van der Waals surface area contributed by atoms with Gasteiger partial charge in [0.2, 0.25) is 5.95 Å². The SMILES string of the molecule is CCCNc1ccc(C(=O)Nc2nc(C)cc(C)n2)nc1. The normalized spacial score (nSPS) is 10.2. The Balaban J connectivity index is 2.06. The van der Waals surface area contributed by atoms with E-state index in [0.717, 1.165) is 30.0 Å². The van der Waals surface area contributed by atoms with Gasteiger partial charge in [0.05, 0.1) is 11.9 Å². The summed E-state index contributed by atoms with van der Waals surface area (Å²) in [6.07, 6.45) is 2.68. The third-order valence-corrected chi connectivity index (χ3v) is 2.78. The molecule has 0 aliphatic rings. The van der Waals surface area contributed by atoms with Gasteiger partial charge in [0.1, 0.15) is 5.69 Å². The highest BCUT2D eigenvalue weighted by atomic mass is 16.2. The topological polar surface area (TPSA) is 79.8 Å². The van der Waals surface area contributed by atoms with Crippen LogP contribution in [0.1, 0.15) is 35.2 Å². The summed E-state index contributed by atoms with van der Waals surface area (Å²) < 4.78 is 0. The molecule has 2 N–H and O–H groups in total. The number of rotatable bonds is 5. The van der Waals surface area contributed by atoms with Crippen LogP contribution < -0.4 is 10.6 Å². The number of aromatic nitrogens is 3. The number of aryl methyl sites for hydroxylation is 2. The highest BCUT2D eigenvalue weighted by Crippen LogP contribution is 2.09. The summed E-state index contributed by atoms with van der Waals surface area (Å²) in [4.78, 5) is 24.6. The third kappa shape index (κ3) is 4.24. The Labute approximate surface area is 124 Å². The molecule has 21 heavy (non-hydrogen) atoms. The molecule has 0 atom stereocenters. The fraction of sp³-hybridized carbons (Fsp3) is 0.333. The van der Waals surface area contributed by atoms with Crippen molar-refractivity contribution in [3.05, 3.63) is 41.5 Å². The maximum atomic E-state index is 12.1. The fourth-order valence-corrected chi connectivity index (χ4v) is 1.85. The van der Waals surface area contributed by atoms with Crippen molar-refractivity contribution >= 4 is 17.5 Å². The van der Waals surface area contributed by atoms with Gasteiger partial charge in [0.25, 0.3) is 5.91 Å². The van der Waals surface area contributed by atoms with Gasteiger partial charge in [-0.05, 0) is 38.5 Å². The summed E-state index contributed by atoms with van der Waals surface area (Å²) in [6, 6.07) is 5.36. The molecule has 2 aromatic rings. The lowest BCUT2D eigenvalue weighted by Crippen LogP contribution is -2.16. The minimum absolute atomic E-state index is 0.299. The van der Waals surface area contributed by atoms with Gasteiger partial charge in [-0.3, -0.25) is 10.1 Å². The zero-order valence-corrected chi connectivity index (χ0v) is 12.5. The van der Waals surface area contributed by atoms with Gasteiger partial charge in [-0.2, -0.15) is 0 Å². The molecular weight excluding hydrogens is 266 g/mol. The zero-order chi connectivity index (χ0) is 15.2. The maximum Gasteiger partial charge on any atom is 0.276 e. The Kier molecular flexibility index (Phi) is 4.81. The van der Waals surface area contributed by atoms with Crippen LogP contribution in [0.5, 0.6) is 0 Å². The largest absolute Gasteiger partial charge is 0.384 e. The average Bonchev–Trinajstić information content (AvgIpc) is 2.44. The quantitative estimate of drug-likeness (QED) is 0.882. The van der Waals surface area contributed by atoms with Crippen LogP contribution in [-0.2, 0) is 0 Å². The second-order valence-electron chi connectivity index (χ2n) is 4.79. The van der Waals surface area contributed by atoms with Gasteiger partial charge in [0, 0.05) is 17.9 Å². The fourth-order valence-electron chi connectivity index (χ4n) is 1.85. The highest BCUT2D eigenvalue weighted by molar-refractivity contribution is 6.01. The molecule has 1 amide bonds. The van der Waals surface area contributed by atoms with Crippen LogP contribution in [0, 0.1) is 13.8 Å². The van der Waals surface area contributed by atoms with Crippen molar-refractivity contribution in [2.24, 2.45) is 0 Å². The molecule has 2 heterocycles. The van der Waals surface area contributed by atoms with E-state index in [-0.39, 0.29) is 5.91 Å². The number of anilines is 2. The summed E-state index contributed by atoms with van der Waals surface area (Å²) in [5.74, 6) is -0.0190. The Hall–Kier alpha value is -2.50.